The molecular weight excluding hydrogens is 336 g/mol. The highest BCUT2D eigenvalue weighted by Crippen LogP contribution is 2.38. The van der Waals surface area contributed by atoms with E-state index in [1.54, 1.807) is 18.3 Å². The second-order valence-electron chi connectivity index (χ2n) is 6.60. The van der Waals surface area contributed by atoms with E-state index in [2.05, 4.69) is 4.98 Å². The third kappa shape index (κ3) is 2.19. The Morgan fingerprint density at radius 2 is 1.89 bits per heavy atom. The number of phenols is 1. The van der Waals surface area contributed by atoms with Crippen LogP contribution in [-0.2, 0) is 0 Å². The van der Waals surface area contributed by atoms with E-state index in [4.69, 9.17) is 4.42 Å². The molecule has 4 nitrogen and oxygen atoms in total. The number of pyridine rings is 1. The number of benzene rings is 3. The molecule has 0 bridgehead atoms. The van der Waals surface area contributed by atoms with Gasteiger partial charge in [0.15, 0.2) is 5.58 Å². The van der Waals surface area contributed by atoms with Gasteiger partial charge >= 0.3 is 0 Å². The Hall–Kier alpha value is -3.84. The van der Waals surface area contributed by atoms with Crippen LogP contribution in [0.1, 0.15) is 11.1 Å². The summed E-state index contributed by atoms with van der Waals surface area (Å²) in [5.74, 6) is -0.00706. The van der Waals surface area contributed by atoms with E-state index in [0.29, 0.717) is 5.56 Å². The predicted molar refractivity (Wildman–Crippen MR) is 106 cm³/mol. The fourth-order valence-electron chi connectivity index (χ4n) is 3.66. The number of fused-ring (bicyclic) bond motifs is 5. The zero-order chi connectivity index (χ0) is 18.5. The first-order valence-corrected chi connectivity index (χ1v) is 8.60. The summed E-state index contributed by atoms with van der Waals surface area (Å²) < 4.78 is 6.04. The maximum Gasteiger partial charge on any atom is 0.154 e. The lowest BCUT2D eigenvalue weighted by Crippen LogP contribution is -1.85. The molecule has 0 aliphatic rings. The van der Waals surface area contributed by atoms with Crippen LogP contribution in [0.15, 0.2) is 65.2 Å². The second-order valence-corrected chi connectivity index (χ2v) is 6.60. The molecular formula is C23H14N2O2. The fourth-order valence-corrected chi connectivity index (χ4v) is 3.66. The number of para-hydroxylation sites is 2. The van der Waals surface area contributed by atoms with Gasteiger partial charge in [-0.1, -0.05) is 36.4 Å². The number of nitrogens with zero attached hydrogens (tertiary/aromatic N) is 2. The zero-order valence-corrected chi connectivity index (χ0v) is 14.5. The predicted octanol–water partition coefficient (Wildman–Crippen LogP) is 5.69. The minimum Gasteiger partial charge on any atom is -0.506 e. The van der Waals surface area contributed by atoms with Gasteiger partial charge in [0.1, 0.15) is 17.4 Å². The zero-order valence-electron chi connectivity index (χ0n) is 14.5. The van der Waals surface area contributed by atoms with Crippen molar-refractivity contribution < 1.29 is 9.52 Å². The van der Waals surface area contributed by atoms with Crippen molar-refractivity contribution in [2.45, 2.75) is 6.92 Å². The van der Waals surface area contributed by atoms with Crippen LogP contribution in [0.4, 0.5) is 0 Å². The number of phenolic OH excluding ortho intramolecular Hbond substituents is 1. The van der Waals surface area contributed by atoms with Gasteiger partial charge in [-0.2, -0.15) is 5.26 Å². The summed E-state index contributed by atoms with van der Waals surface area (Å²) in [5, 5.41) is 22.6. The first kappa shape index (κ1) is 15.4. The Morgan fingerprint density at radius 1 is 1.04 bits per heavy atom. The summed E-state index contributed by atoms with van der Waals surface area (Å²) >= 11 is 0. The number of rotatable bonds is 1. The molecule has 0 aliphatic carbocycles. The van der Waals surface area contributed by atoms with Crippen molar-refractivity contribution in [1.29, 1.82) is 5.26 Å². The molecule has 0 aliphatic heterocycles. The minimum atomic E-state index is -0.00706. The fraction of sp³-hybridized carbons (Fsp3) is 0.0435. The van der Waals surface area contributed by atoms with Crippen molar-refractivity contribution >= 4 is 32.8 Å². The Bertz CT molecular complexity index is 1410. The highest BCUT2D eigenvalue weighted by molar-refractivity contribution is 6.18. The van der Waals surface area contributed by atoms with Gasteiger partial charge in [0.05, 0.1) is 17.3 Å². The normalized spacial score (nSPS) is 11.3. The van der Waals surface area contributed by atoms with E-state index in [1.165, 1.54) is 0 Å². The minimum absolute atomic E-state index is 0.00706. The standard InChI is InChI=1S/C23H14N2O2/c1-13-4-2-7-17-21-18-10-14(16-6-3-5-15(11-24)22(16)26)8-9-19(18)25-12-20(21)27-23(13)17/h2-10,12,26H,1H3. The molecule has 3 aromatic carbocycles. The Kier molecular flexibility index (Phi) is 3.19. The van der Waals surface area contributed by atoms with Crippen molar-refractivity contribution in [3.05, 3.63) is 71.9 Å². The molecule has 0 saturated heterocycles. The SMILES string of the molecule is Cc1cccc2c1oc1cnc3ccc(-c4cccc(C#N)c4O)cc3c12. The van der Waals surface area contributed by atoms with Gasteiger partial charge in [-0.25, -0.2) is 0 Å². The lowest BCUT2D eigenvalue weighted by Gasteiger charge is -2.08. The molecule has 2 aromatic heterocycles. The maximum absolute atomic E-state index is 10.4. The molecule has 5 aromatic rings. The largest absolute Gasteiger partial charge is 0.506 e. The summed E-state index contributed by atoms with van der Waals surface area (Å²) in [6.45, 7) is 2.02. The van der Waals surface area contributed by atoms with Gasteiger partial charge in [-0.15, -0.1) is 0 Å². The van der Waals surface area contributed by atoms with E-state index < -0.39 is 0 Å². The number of furan rings is 1. The van der Waals surface area contributed by atoms with E-state index in [-0.39, 0.29) is 11.3 Å². The number of hydrogen-bond donors (Lipinski definition) is 1. The second kappa shape index (κ2) is 5.58. The number of aromatic nitrogens is 1. The lowest BCUT2D eigenvalue weighted by atomic mass is 9.98. The Balaban J connectivity index is 1.88. The molecule has 1 N–H and O–H groups in total. The molecule has 2 heterocycles. The average molecular weight is 350 g/mol. The molecule has 0 unspecified atom stereocenters. The first-order valence-electron chi connectivity index (χ1n) is 8.60. The van der Waals surface area contributed by atoms with Gasteiger partial charge < -0.3 is 9.52 Å². The van der Waals surface area contributed by atoms with Crippen LogP contribution in [0.3, 0.4) is 0 Å². The smallest absolute Gasteiger partial charge is 0.154 e. The van der Waals surface area contributed by atoms with Crippen LogP contribution in [0.5, 0.6) is 5.75 Å². The summed E-state index contributed by atoms with van der Waals surface area (Å²) in [4.78, 5) is 4.52. The van der Waals surface area contributed by atoms with E-state index >= 15 is 0 Å². The molecule has 0 atom stereocenters. The molecule has 0 spiro atoms. The van der Waals surface area contributed by atoms with Gasteiger partial charge in [-0.05, 0) is 36.2 Å². The molecule has 4 heteroatoms. The van der Waals surface area contributed by atoms with Crippen LogP contribution in [0, 0.1) is 18.3 Å². The monoisotopic (exact) mass is 350 g/mol. The van der Waals surface area contributed by atoms with E-state index in [9.17, 15) is 10.4 Å². The average Bonchev–Trinajstić information content (AvgIpc) is 3.08. The van der Waals surface area contributed by atoms with Crippen LogP contribution in [0.25, 0.3) is 44.0 Å². The number of hydrogen-bond acceptors (Lipinski definition) is 4. The third-order valence-corrected chi connectivity index (χ3v) is 4.99. The molecule has 5 rings (SSSR count). The van der Waals surface area contributed by atoms with Crippen molar-refractivity contribution in [2.24, 2.45) is 0 Å². The molecule has 0 saturated carbocycles. The van der Waals surface area contributed by atoms with Crippen molar-refractivity contribution in [2.75, 3.05) is 0 Å². The maximum atomic E-state index is 10.4. The highest BCUT2D eigenvalue weighted by atomic mass is 16.3. The highest BCUT2D eigenvalue weighted by Gasteiger charge is 2.15. The summed E-state index contributed by atoms with van der Waals surface area (Å²) in [7, 11) is 0. The number of nitriles is 1. The van der Waals surface area contributed by atoms with Crippen LogP contribution in [0.2, 0.25) is 0 Å². The summed E-state index contributed by atoms with van der Waals surface area (Å²) in [6, 6.07) is 19.1. The molecule has 0 amide bonds. The Labute approximate surface area is 154 Å². The van der Waals surface area contributed by atoms with Gasteiger partial charge in [0, 0.05) is 21.7 Å². The molecule has 128 valence electrons. The Morgan fingerprint density at radius 3 is 2.74 bits per heavy atom. The van der Waals surface area contributed by atoms with Gasteiger partial charge in [0.2, 0.25) is 0 Å². The van der Waals surface area contributed by atoms with E-state index in [0.717, 1.165) is 44.0 Å². The van der Waals surface area contributed by atoms with Crippen molar-refractivity contribution in [1.82, 2.24) is 4.98 Å². The van der Waals surface area contributed by atoms with E-state index in [1.807, 2.05) is 55.5 Å². The summed E-state index contributed by atoms with van der Waals surface area (Å²) in [6.07, 6.45) is 1.75. The van der Waals surface area contributed by atoms with Crippen molar-refractivity contribution in [3.8, 4) is 22.9 Å². The van der Waals surface area contributed by atoms with Crippen LogP contribution >= 0.6 is 0 Å². The first-order chi connectivity index (χ1) is 13.2. The summed E-state index contributed by atoms with van der Waals surface area (Å²) in [5.41, 5.74) is 5.23. The third-order valence-electron chi connectivity index (χ3n) is 4.99. The molecule has 27 heavy (non-hydrogen) atoms. The van der Waals surface area contributed by atoms with Crippen LogP contribution < -0.4 is 0 Å². The lowest BCUT2D eigenvalue weighted by molar-refractivity contribution is 0.475. The number of aromatic hydroxyl groups is 1. The van der Waals surface area contributed by atoms with Gasteiger partial charge in [-0.3, -0.25) is 4.98 Å². The molecule has 0 radical (unpaired) electrons. The van der Waals surface area contributed by atoms with Gasteiger partial charge in [0.25, 0.3) is 0 Å². The quantitative estimate of drug-likeness (QED) is 0.422. The number of aryl methyl sites for hydroxylation is 1. The molecule has 0 fully saturated rings. The topological polar surface area (TPSA) is 70.0 Å². The van der Waals surface area contributed by atoms with Crippen molar-refractivity contribution in [3.63, 3.8) is 0 Å². The van der Waals surface area contributed by atoms with Crippen LogP contribution in [-0.4, -0.2) is 10.1 Å².